The van der Waals surface area contributed by atoms with Gasteiger partial charge in [0.25, 0.3) is 11.1 Å². The van der Waals surface area contributed by atoms with Crippen molar-refractivity contribution in [2.45, 2.75) is 13.0 Å². The molecule has 0 aliphatic carbocycles. The summed E-state index contributed by atoms with van der Waals surface area (Å²) in [6.07, 6.45) is -0.943. The van der Waals surface area contributed by atoms with Gasteiger partial charge in [-0.3, -0.25) is 14.4 Å². The van der Waals surface area contributed by atoms with Gasteiger partial charge in [0.1, 0.15) is 6.54 Å². The molecule has 1 N–H and O–H groups in total. The molecule has 1 aromatic carbocycles. The maximum absolute atomic E-state index is 12.2. The fourth-order valence-corrected chi connectivity index (χ4v) is 3.66. The smallest absolute Gasteiger partial charge is 0.326 e. The standard InChI is InChI=1S/C18H23N3O5S/c1-13(26-16(22)12-21-8-11-27-18(21)24)17(23)19-14-2-4-15(5-3-14)20-6-9-25-10-7-20/h2-5,13H,6-12H2,1H3,(H,19,23)/t13-/m0/s1. The molecule has 1 atom stereocenters. The summed E-state index contributed by atoms with van der Waals surface area (Å²) in [4.78, 5) is 39.3. The minimum Gasteiger partial charge on any atom is -0.451 e. The number of esters is 1. The number of nitrogens with one attached hydrogen (secondary N) is 1. The SMILES string of the molecule is C[C@H](OC(=O)CN1CCSC1=O)C(=O)Nc1ccc(N2CCOCC2)cc1. The van der Waals surface area contributed by atoms with Crippen LogP contribution in [-0.4, -0.2) is 73.3 Å². The summed E-state index contributed by atoms with van der Waals surface area (Å²) in [5, 5.41) is 2.60. The van der Waals surface area contributed by atoms with E-state index in [1.165, 1.54) is 23.6 Å². The van der Waals surface area contributed by atoms with Crippen LogP contribution in [0.25, 0.3) is 0 Å². The third kappa shape index (κ3) is 5.36. The Morgan fingerprint density at radius 1 is 1.22 bits per heavy atom. The minimum absolute atomic E-state index is 0.127. The molecule has 2 fully saturated rings. The summed E-state index contributed by atoms with van der Waals surface area (Å²) >= 11 is 1.18. The number of ether oxygens (including phenoxy) is 2. The van der Waals surface area contributed by atoms with Crippen molar-refractivity contribution in [3.05, 3.63) is 24.3 Å². The highest BCUT2D eigenvalue weighted by atomic mass is 32.2. The van der Waals surface area contributed by atoms with E-state index in [0.717, 1.165) is 18.8 Å². The zero-order chi connectivity index (χ0) is 19.2. The van der Waals surface area contributed by atoms with Crippen molar-refractivity contribution >= 4 is 40.3 Å². The predicted molar refractivity (Wildman–Crippen MR) is 103 cm³/mol. The number of rotatable bonds is 6. The molecule has 2 aliphatic heterocycles. The molecule has 0 spiro atoms. The van der Waals surface area contributed by atoms with Gasteiger partial charge >= 0.3 is 5.97 Å². The second kappa shape index (κ2) is 9.09. The Labute approximate surface area is 162 Å². The molecule has 0 radical (unpaired) electrons. The molecule has 2 aliphatic rings. The van der Waals surface area contributed by atoms with Gasteiger partial charge in [0.2, 0.25) is 0 Å². The molecule has 8 nitrogen and oxygen atoms in total. The first kappa shape index (κ1) is 19.5. The predicted octanol–water partition coefficient (Wildman–Crippen LogP) is 1.56. The maximum atomic E-state index is 12.2. The molecule has 27 heavy (non-hydrogen) atoms. The number of anilines is 2. The summed E-state index contributed by atoms with van der Waals surface area (Å²) in [6, 6.07) is 7.51. The van der Waals surface area contributed by atoms with Crippen molar-refractivity contribution in [3.8, 4) is 0 Å². The lowest BCUT2D eigenvalue weighted by Crippen LogP contribution is -2.36. The van der Waals surface area contributed by atoms with Gasteiger partial charge in [0.05, 0.1) is 13.2 Å². The number of nitrogens with zero attached hydrogens (tertiary/aromatic N) is 2. The number of benzene rings is 1. The van der Waals surface area contributed by atoms with Gasteiger partial charge in [-0.1, -0.05) is 11.8 Å². The van der Waals surface area contributed by atoms with Crippen molar-refractivity contribution in [1.82, 2.24) is 4.90 Å². The normalized spacial score (nSPS) is 18.3. The summed E-state index contributed by atoms with van der Waals surface area (Å²) < 4.78 is 10.5. The van der Waals surface area contributed by atoms with Gasteiger partial charge in [0.15, 0.2) is 6.10 Å². The van der Waals surface area contributed by atoms with Crippen molar-refractivity contribution in [2.24, 2.45) is 0 Å². The quantitative estimate of drug-likeness (QED) is 0.734. The lowest BCUT2D eigenvalue weighted by Gasteiger charge is -2.28. The van der Waals surface area contributed by atoms with Gasteiger partial charge in [-0.2, -0.15) is 0 Å². The molecule has 1 aromatic rings. The van der Waals surface area contributed by atoms with E-state index in [1.54, 1.807) is 0 Å². The van der Waals surface area contributed by atoms with Crippen molar-refractivity contribution in [2.75, 3.05) is 55.4 Å². The molecule has 3 rings (SSSR count). The van der Waals surface area contributed by atoms with E-state index in [1.807, 2.05) is 24.3 Å². The Bertz CT molecular complexity index is 691. The molecular formula is C18H23N3O5S. The first-order valence-electron chi connectivity index (χ1n) is 8.88. The third-order valence-electron chi connectivity index (χ3n) is 4.35. The van der Waals surface area contributed by atoms with E-state index in [4.69, 9.17) is 9.47 Å². The highest BCUT2D eigenvalue weighted by molar-refractivity contribution is 8.13. The van der Waals surface area contributed by atoms with E-state index >= 15 is 0 Å². The lowest BCUT2D eigenvalue weighted by molar-refractivity contribution is -0.153. The first-order chi connectivity index (χ1) is 13.0. The van der Waals surface area contributed by atoms with Gasteiger partial charge in [-0.25, -0.2) is 0 Å². The second-order valence-corrected chi connectivity index (χ2v) is 7.35. The molecule has 2 heterocycles. The lowest BCUT2D eigenvalue weighted by atomic mass is 10.2. The topological polar surface area (TPSA) is 88.2 Å². The zero-order valence-corrected chi connectivity index (χ0v) is 16.0. The average Bonchev–Trinajstić information content (AvgIpc) is 3.07. The Balaban J connectivity index is 1.47. The first-order valence-corrected chi connectivity index (χ1v) is 9.86. The number of morpholine rings is 1. The molecule has 2 amide bonds. The highest BCUT2D eigenvalue weighted by Crippen LogP contribution is 2.19. The van der Waals surface area contributed by atoms with Crippen LogP contribution in [0.1, 0.15) is 6.92 Å². The average molecular weight is 393 g/mol. The van der Waals surface area contributed by atoms with Gasteiger partial charge in [0, 0.05) is 36.8 Å². The van der Waals surface area contributed by atoms with Crippen LogP contribution in [0.5, 0.6) is 0 Å². The molecule has 0 bridgehead atoms. The second-order valence-electron chi connectivity index (χ2n) is 6.30. The third-order valence-corrected chi connectivity index (χ3v) is 5.25. The molecule has 0 aromatic heterocycles. The van der Waals surface area contributed by atoms with Gasteiger partial charge in [-0.15, -0.1) is 0 Å². The molecular weight excluding hydrogens is 370 g/mol. The van der Waals surface area contributed by atoms with Crippen LogP contribution in [-0.2, 0) is 19.1 Å². The molecule has 2 saturated heterocycles. The van der Waals surface area contributed by atoms with Gasteiger partial charge in [-0.05, 0) is 31.2 Å². The molecule has 9 heteroatoms. The zero-order valence-electron chi connectivity index (χ0n) is 15.2. The summed E-state index contributed by atoms with van der Waals surface area (Å²) in [5.41, 5.74) is 1.70. The largest absolute Gasteiger partial charge is 0.451 e. The number of amides is 2. The van der Waals surface area contributed by atoms with Crippen molar-refractivity contribution in [3.63, 3.8) is 0 Å². The monoisotopic (exact) mass is 393 g/mol. The number of hydrogen-bond acceptors (Lipinski definition) is 7. The van der Waals surface area contributed by atoms with Crippen molar-refractivity contribution < 1.29 is 23.9 Å². The van der Waals surface area contributed by atoms with Crippen LogP contribution in [0, 0.1) is 0 Å². The van der Waals surface area contributed by atoms with E-state index in [-0.39, 0.29) is 11.8 Å². The maximum Gasteiger partial charge on any atom is 0.326 e. The van der Waals surface area contributed by atoms with E-state index in [2.05, 4.69) is 10.2 Å². The Kier molecular flexibility index (Phi) is 6.57. The van der Waals surface area contributed by atoms with Crippen molar-refractivity contribution in [1.29, 1.82) is 0 Å². The summed E-state index contributed by atoms with van der Waals surface area (Å²) in [6.45, 7) is 5.02. The number of hydrogen-bond donors (Lipinski definition) is 1. The summed E-state index contributed by atoms with van der Waals surface area (Å²) in [5.74, 6) is -0.330. The molecule has 0 unspecified atom stereocenters. The Morgan fingerprint density at radius 3 is 2.56 bits per heavy atom. The minimum atomic E-state index is -0.943. The fourth-order valence-electron chi connectivity index (χ4n) is 2.83. The van der Waals surface area contributed by atoms with Gasteiger partial charge < -0.3 is 24.6 Å². The Morgan fingerprint density at radius 2 is 1.93 bits per heavy atom. The van der Waals surface area contributed by atoms with Crippen LogP contribution in [0.3, 0.4) is 0 Å². The molecule has 0 saturated carbocycles. The van der Waals surface area contributed by atoms with Crippen LogP contribution in [0.4, 0.5) is 16.2 Å². The number of carbonyl (C=O) groups is 3. The van der Waals surface area contributed by atoms with Crippen LogP contribution < -0.4 is 10.2 Å². The number of carbonyl (C=O) groups excluding carboxylic acids is 3. The number of thioether (sulfide) groups is 1. The van der Waals surface area contributed by atoms with Crippen LogP contribution in [0.15, 0.2) is 24.3 Å². The van der Waals surface area contributed by atoms with E-state index in [0.29, 0.717) is 31.2 Å². The fraction of sp³-hybridized carbons (Fsp3) is 0.500. The van der Waals surface area contributed by atoms with E-state index in [9.17, 15) is 14.4 Å². The van der Waals surface area contributed by atoms with E-state index < -0.39 is 18.0 Å². The summed E-state index contributed by atoms with van der Waals surface area (Å²) in [7, 11) is 0. The van der Waals surface area contributed by atoms with Crippen LogP contribution in [0.2, 0.25) is 0 Å². The molecule has 146 valence electrons. The van der Waals surface area contributed by atoms with Crippen LogP contribution >= 0.6 is 11.8 Å². The highest BCUT2D eigenvalue weighted by Gasteiger charge is 2.26. The Hall–Kier alpha value is -2.26.